The predicted molar refractivity (Wildman–Crippen MR) is 95.2 cm³/mol. The summed E-state index contributed by atoms with van der Waals surface area (Å²) in [5, 5.41) is 11.0. The van der Waals surface area contributed by atoms with Crippen molar-refractivity contribution in [3.8, 4) is 0 Å². The van der Waals surface area contributed by atoms with Crippen LogP contribution in [-0.4, -0.2) is 26.8 Å². The first-order chi connectivity index (χ1) is 12.5. The van der Waals surface area contributed by atoms with Crippen LogP contribution < -0.4 is 16.6 Å². The Morgan fingerprint density at radius 2 is 1.92 bits per heavy atom. The fourth-order valence-electron chi connectivity index (χ4n) is 2.50. The number of nitrogens with two attached hydrogens (primary N) is 1. The monoisotopic (exact) mass is 351 g/mol. The van der Waals surface area contributed by atoms with E-state index in [-0.39, 0.29) is 31.0 Å². The summed E-state index contributed by atoms with van der Waals surface area (Å²) >= 11 is 0. The van der Waals surface area contributed by atoms with Crippen molar-refractivity contribution in [2.45, 2.75) is 19.5 Å². The second-order valence-electron chi connectivity index (χ2n) is 5.73. The van der Waals surface area contributed by atoms with Crippen molar-refractivity contribution < 1.29 is 9.59 Å². The van der Waals surface area contributed by atoms with Crippen molar-refractivity contribution in [2.75, 3.05) is 0 Å². The number of amides is 2. The number of hydrogen-bond donors (Lipinski definition) is 2. The second-order valence-corrected chi connectivity index (χ2v) is 5.73. The number of carbonyl (C=O) groups is 2. The molecule has 0 spiro atoms. The fourth-order valence-corrected chi connectivity index (χ4v) is 2.50. The minimum atomic E-state index is -0.521. The standard InChI is InChI=1S/C18H17N5O3/c19-17(25)13-5-3-4-12(10-13)11-20-16(24)8-9-23-18(26)14-6-1-2-7-15(14)21-22-23/h1-7,10H,8-9,11H2,(H2,19,25)(H,20,24). The van der Waals surface area contributed by atoms with Gasteiger partial charge in [0.2, 0.25) is 11.8 Å². The smallest absolute Gasteiger partial charge is 0.277 e. The van der Waals surface area contributed by atoms with Gasteiger partial charge in [0, 0.05) is 18.5 Å². The average molecular weight is 351 g/mol. The van der Waals surface area contributed by atoms with E-state index in [1.807, 2.05) is 0 Å². The third kappa shape index (κ3) is 3.92. The van der Waals surface area contributed by atoms with Crippen molar-refractivity contribution in [1.29, 1.82) is 0 Å². The lowest BCUT2D eigenvalue weighted by atomic mass is 10.1. The number of hydrogen-bond acceptors (Lipinski definition) is 5. The molecule has 0 fully saturated rings. The number of fused-ring (bicyclic) bond motifs is 1. The molecule has 2 amide bonds. The Kier molecular flexibility index (Phi) is 5.02. The summed E-state index contributed by atoms with van der Waals surface area (Å²) in [6, 6.07) is 13.6. The van der Waals surface area contributed by atoms with Gasteiger partial charge < -0.3 is 11.1 Å². The maximum atomic E-state index is 12.3. The normalized spacial score (nSPS) is 10.6. The van der Waals surface area contributed by atoms with Gasteiger partial charge in [-0.3, -0.25) is 14.4 Å². The average Bonchev–Trinajstić information content (AvgIpc) is 2.66. The number of aryl methyl sites for hydroxylation is 1. The summed E-state index contributed by atoms with van der Waals surface area (Å²) < 4.78 is 1.18. The highest BCUT2D eigenvalue weighted by Crippen LogP contribution is 2.05. The van der Waals surface area contributed by atoms with E-state index in [9.17, 15) is 14.4 Å². The van der Waals surface area contributed by atoms with Crippen LogP contribution >= 0.6 is 0 Å². The second kappa shape index (κ2) is 7.56. The molecular weight excluding hydrogens is 334 g/mol. The van der Waals surface area contributed by atoms with Gasteiger partial charge in [-0.05, 0) is 29.8 Å². The van der Waals surface area contributed by atoms with E-state index in [2.05, 4.69) is 15.6 Å². The van der Waals surface area contributed by atoms with Gasteiger partial charge in [-0.2, -0.15) is 0 Å². The molecule has 3 N–H and O–H groups in total. The Labute approximate surface area is 148 Å². The highest BCUT2D eigenvalue weighted by molar-refractivity contribution is 5.92. The van der Waals surface area contributed by atoms with E-state index in [1.165, 1.54) is 4.68 Å². The minimum absolute atomic E-state index is 0.0858. The van der Waals surface area contributed by atoms with Crippen molar-refractivity contribution in [2.24, 2.45) is 5.73 Å². The van der Waals surface area contributed by atoms with E-state index in [4.69, 9.17) is 5.73 Å². The molecule has 0 bridgehead atoms. The van der Waals surface area contributed by atoms with E-state index < -0.39 is 5.91 Å². The van der Waals surface area contributed by atoms with E-state index in [1.54, 1.807) is 48.5 Å². The molecule has 3 rings (SSSR count). The molecule has 0 saturated carbocycles. The van der Waals surface area contributed by atoms with Gasteiger partial charge in [0.15, 0.2) is 0 Å². The molecule has 26 heavy (non-hydrogen) atoms. The van der Waals surface area contributed by atoms with E-state index >= 15 is 0 Å². The summed E-state index contributed by atoms with van der Waals surface area (Å²) in [6.45, 7) is 0.391. The molecule has 1 aromatic heterocycles. The molecule has 8 heteroatoms. The van der Waals surface area contributed by atoms with Crippen LogP contribution in [0.1, 0.15) is 22.3 Å². The number of primary amides is 1. The van der Waals surface area contributed by atoms with Gasteiger partial charge in [0.1, 0.15) is 5.52 Å². The molecular formula is C18H17N5O3. The Balaban J connectivity index is 1.59. The summed E-state index contributed by atoms with van der Waals surface area (Å²) in [7, 11) is 0. The molecule has 1 heterocycles. The van der Waals surface area contributed by atoms with Crippen LogP contribution in [0.15, 0.2) is 53.3 Å². The number of rotatable bonds is 6. The number of nitrogens with zero attached hydrogens (tertiary/aromatic N) is 3. The summed E-state index contributed by atoms with van der Waals surface area (Å²) in [4.78, 5) is 35.5. The topological polar surface area (TPSA) is 120 Å². The number of nitrogens with one attached hydrogen (secondary N) is 1. The van der Waals surface area contributed by atoms with E-state index in [0.717, 1.165) is 5.56 Å². The van der Waals surface area contributed by atoms with Gasteiger partial charge in [0.25, 0.3) is 5.56 Å². The summed E-state index contributed by atoms with van der Waals surface area (Å²) in [5.41, 5.74) is 6.62. The Hall–Kier alpha value is -3.55. The van der Waals surface area contributed by atoms with Crippen LogP contribution in [0, 0.1) is 0 Å². The zero-order valence-electron chi connectivity index (χ0n) is 13.9. The van der Waals surface area contributed by atoms with E-state index in [0.29, 0.717) is 16.5 Å². The first-order valence-electron chi connectivity index (χ1n) is 8.02. The molecule has 0 aliphatic carbocycles. The molecule has 0 saturated heterocycles. The summed E-state index contributed by atoms with van der Waals surface area (Å²) in [5.74, 6) is -0.760. The van der Waals surface area contributed by atoms with Crippen LogP contribution in [-0.2, 0) is 17.9 Å². The highest BCUT2D eigenvalue weighted by atomic mass is 16.2. The zero-order chi connectivity index (χ0) is 18.5. The lowest BCUT2D eigenvalue weighted by molar-refractivity contribution is -0.121. The molecule has 2 aromatic carbocycles. The van der Waals surface area contributed by atoms with Crippen LogP contribution in [0.2, 0.25) is 0 Å². The van der Waals surface area contributed by atoms with Crippen molar-refractivity contribution in [3.05, 3.63) is 70.0 Å². The maximum absolute atomic E-state index is 12.3. The van der Waals surface area contributed by atoms with Crippen LogP contribution in [0.5, 0.6) is 0 Å². The molecule has 0 aliphatic heterocycles. The van der Waals surface area contributed by atoms with Crippen LogP contribution in [0.3, 0.4) is 0 Å². The lowest BCUT2D eigenvalue weighted by Crippen LogP contribution is -2.29. The van der Waals surface area contributed by atoms with Gasteiger partial charge in [-0.15, -0.1) is 5.10 Å². The molecule has 0 unspecified atom stereocenters. The molecule has 0 atom stereocenters. The first-order valence-corrected chi connectivity index (χ1v) is 8.02. The number of benzene rings is 2. The van der Waals surface area contributed by atoms with Crippen molar-refractivity contribution >= 4 is 22.7 Å². The lowest BCUT2D eigenvalue weighted by Gasteiger charge is -2.07. The summed E-state index contributed by atoms with van der Waals surface area (Å²) in [6.07, 6.45) is 0.0858. The molecule has 0 aliphatic rings. The SMILES string of the molecule is NC(=O)c1cccc(CNC(=O)CCn2nnc3ccccc3c2=O)c1. The van der Waals surface area contributed by atoms with Gasteiger partial charge in [-0.1, -0.05) is 29.5 Å². The quantitative estimate of drug-likeness (QED) is 0.674. The molecule has 3 aromatic rings. The largest absolute Gasteiger partial charge is 0.366 e. The van der Waals surface area contributed by atoms with Crippen LogP contribution in [0.25, 0.3) is 10.9 Å². The molecule has 132 valence electrons. The zero-order valence-corrected chi connectivity index (χ0v) is 13.9. The van der Waals surface area contributed by atoms with Gasteiger partial charge >= 0.3 is 0 Å². The van der Waals surface area contributed by atoms with Crippen LogP contribution in [0.4, 0.5) is 0 Å². The molecule has 0 radical (unpaired) electrons. The number of aromatic nitrogens is 3. The minimum Gasteiger partial charge on any atom is -0.366 e. The Bertz CT molecular complexity index is 1030. The third-order valence-electron chi connectivity index (χ3n) is 3.88. The molecule has 8 nitrogen and oxygen atoms in total. The van der Waals surface area contributed by atoms with Gasteiger partial charge in [-0.25, -0.2) is 4.68 Å². The Morgan fingerprint density at radius 1 is 1.12 bits per heavy atom. The first kappa shape index (κ1) is 17.3. The third-order valence-corrected chi connectivity index (χ3v) is 3.88. The highest BCUT2D eigenvalue weighted by Gasteiger charge is 2.08. The maximum Gasteiger partial charge on any atom is 0.277 e. The predicted octanol–water partition coefficient (Wildman–Crippen LogP) is 0.597. The fraction of sp³-hybridized carbons (Fsp3) is 0.167. The van der Waals surface area contributed by atoms with Crippen molar-refractivity contribution in [1.82, 2.24) is 20.3 Å². The van der Waals surface area contributed by atoms with Crippen molar-refractivity contribution in [3.63, 3.8) is 0 Å². The van der Waals surface area contributed by atoms with Gasteiger partial charge in [0.05, 0.1) is 11.9 Å². The Morgan fingerprint density at radius 3 is 2.73 bits per heavy atom. The number of carbonyl (C=O) groups excluding carboxylic acids is 2.